The minimum Gasteiger partial charge on any atom is -0.294 e. The van der Waals surface area contributed by atoms with E-state index >= 15 is 0 Å². The second kappa shape index (κ2) is 7.40. The molecular weight excluding hydrogens is 480 g/mol. The Morgan fingerprint density at radius 2 is 1.77 bits per heavy atom. The van der Waals surface area contributed by atoms with Crippen LogP contribution >= 0.6 is 34.2 Å². The van der Waals surface area contributed by atoms with Gasteiger partial charge in [0.1, 0.15) is 0 Å². The normalized spacial score (nSPS) is 11.6. The van der Waals surface area contributed by atoms with E-state index in [-0.39, 0.29) is 12.0 Å². The second-order valence-electron chi connectivity index (χ2n) is 5.46. The summed E-state index contributed by atoms with van der Waals surface area (Å²) in [5.74, 6) is -0.639. The number of halogens is 5. The van der Waals surface area contributed by atoms with Crippen molar-refractivity contribution in [2.45, 2.75) is 12.6 Å². The highest BCUT2D eigenvalue weighted by molar-refractivity contribution is 14.1. The standard InChI is InChI=1S/C18H11ClF3IN2O/c19-13-7-3-4-8-16(13)25-10-14(23)15(24-25)9-17(26)11-5-1-2-6-12(11)18(20,21)22/h1-8,10H,9H2. The predicted octanol–water partition coefficient (Wildman–Crippen LogP) is 5.57. The predicted molar refractivity (Wildman–Crippen MR) is 101 cm³/mol. The van der Waals surface area contributed by atoms with E-state index in [9.17, 15) is 18.0 Å². The van der Waals surface area contributed by atoms with E-state index in [4.69, 9.17) is 11.6 Å². The summed E-state index contributed by atoms with van der Waals surface area (Å²) in [6.07, 6.45) is -3.14. The molecule has 0 fully saturated rings. The van der Waals surface area contributed by atoms with Gasteiger partial charge in [0.05, 0.1) is 32.0 Å². The van der Waals surface area contributed by atoms with Gasteiger partial charge in [-0.15, -0.1) is 0 Å². The molecule has 0 bridgehead atoms. The van der Waals surface area contributed by atoms with E-state index in [1.165, 1.54) is 22.9 Å². The number of aromatic nitrogens is 2. The Morgan fingerprint density at radius 3 is 2.46 bits per heavy atom. The van der Waals surface area contributed by atoms with Crippen LogP contribution in [0.3, 0.4) is 0 Å². The fourth-order valence-corrected chi connectivity index (χ4v) is 3.27. The van der Waals surface area contributed by atoms with Gasteiger partial charge in [-0.1, -0.05) is 41.9 Å². The number of alkyl halides is 3. The fraction of sp³-hybridized carbons (Fsp3) is 0.111. The van der Waals surface area contributed by atoms with E-state index in [0.29, 0.717) is 20.0 Å². The third-order valence-corrected chi connectivity index (χ3v) is 4.92. The number of carbonyl (C=O) groups excluding carboxylic acids is 1. The Morgan fingerprint density at radius 1 is 1.12 bits per heavy atom. The number of Topliss-reactive ketones (excluding diaryl/α,β-unsaturated/α-hetero) is 1. The number of nitrogens with zero attached hydrogens (tertiary/aromatic N) is 2. The van der Waals surface area contributed by atoms with E-state index in [2.05, 4.69) is 5.10 Å². The van der Waals surface area contributed by atoms with Crippen molar-refractivity contribution in [2.75, 3.05) is 0 Å². The van der Waals surface area contributed by atoms with Crippen LogP contribution in [-0.2, 0) is 12.6 Å². The highest BCUT2D eigenvalue weighted by Gasteiger charge is 2.34. The lowest BCUT2D eigenvalue weighted by atomic mass is 10.0. The zero-order valence-electron chi connectivity index (χ0n) is 13.1. The number of hydrogen-bond donors (Lipinski definition) is 0. The van der Waals surface area contributed by atoms with Gasteiger partial charge >= 0.3 is 6.18 Å². The van der Waals surface area contributed by atoms with Crippen LogP contribution in [0.15, 0.2) is 54.7 Å². The summed E-state index contributed by atoms with van der Waals surface area (Å²) in [6, 6.07) is 11.8. The highest BCUT2D eigenvalue weighted by Crippen LogP contribution is 2.32. The SMILES string of the molecule is O=C(Cc1nn(-c2ccccc2Cl)cc1I)c1ccccc1C(F)(F)F. The average Bonchev–Trinajstić information content (AvgIpc) is 2.95. The molecule has 0 N–H and O–H groups in total. The smallest absolute Gasteiger partial charge is 0.294 e. The first kappa shape index (κ1) is 18.9. The molecule has 0 aliphatic rings. The van der Waals surface area contributed by atoms with Crippen LogP contribution in [0.2, 0.25) is 5.02 Å². The molecule has 0 radical (unpaired) electrons. The van der Waals surface area contributed by atoms with Gasteiger partial charge in [-0.25, -0.2) is 4.68 Å². The largest absolute Gasteiger partial charge is 0.417 e. The molecule has 0 spiro atoms. The summed E-state index contributed by atoms with van der Waals surface area (Å²) in [5.41, 5.74) is -0.275. The van der Waals surface area contributed by atoms with E-state index in [1.54, 1.807) is 30.5 Å². The van der Waals surface area contributed by atoms with Crippen molar-refractivity contribution < 1.29 is 18.0 Å². The number of ketones is 1. The molecule has 0 saturated carbocycles. The van der Waals surface area contributed by atoms with Gasteiger partial charge in [0.15, 0.2) is 5.78 Å². The van der Waals surface area contributed by atoms with Crippen molar-refractivity contribution in [3.63, 3.8) is 0 Å². The molecule has 0 unspecified atom stereocenters. The Balaban J connectivity index is 1.92. The van der Waals surface area contributed by atoms with Gasteiger partial charge in [0, 0.05) is 11.8 Å². The van der Waals surface area contributed by atoms with Crippen molar-refractivity contribution in [1.82, 2.24) is 9.78 Å². The average molecular weight is 491 g/mol. The minimum atomic E-state index is -4.59. The first-order chi connectivity index (χ1) is 12.3. The molecule has 0 aliphatic heterocycles. The van der Waals surface area contributed by atoms with E-state index < -0.39 is 17.5 Å². The lowest BCUT2D eigenvalue weighted by Crippen LogP contribution is -2.15. The summed E-state index contributed by atoms with van der Waals surface area (Å²) >= 11 is 8.13. The molecule has 0 atom stereocenters. The summed E-state index contributed by atoms with van der Waals surface area (Å²) in [4.78, 5) is 12.5. The summed E-state index contributed by atoms with van der Waals surface area (Å²) < 4.78 is 41.5. The third-order valence-electron chi connectivity index (χ3n) is 3.70. The number of hydrogen-bond acceptors (Lipinski definition) is 2. The first-order valence-corrected chi connectivity index (χ1v) is 8.91. The molecule has 1 heterocycles. The molecule has 0 aliphatic carbocycles. The molecule has 26 heavy (non-hydrogen) atoms. The van der Waals surface area contributed by atoms with Crippen LogP contribution in [0.1, 0.15) is 21.6 Å². The van der Waals surface area contributed by atoms with E-state index in [0.717, 1.165) is 6.07 Å². The highest BCUT2D eigenvalue weighted by atomic mass is 127. The van der Waals surface area contributed by atoms with Crippen molar-refractivity contribution in [3.05, 3.63) is 80.1 Å². The Labute approximate surface area is 165 Å². The molecule has 0 amide bonds. The van der Waals surface area contributed by atoms with Crippen molar-refractivity contribution in [1.29, 1.82) is 0 Å². The molecular formula is C18H11ClF3IN2O. The zero-order chi connectivity index (χ0) is 18.9. The molecule has 8 heteroatoms. The van der Waals surface area contributed by atoms with Gasteiger partial charge < -0.3 is 0 Å². The topological polar surface area (TPSA) is 34.9 Å². The summed E-state index contributed by atoms with van der Waals surface area (Å²) in [5, 5.41) is 4.80. The second-order valence-corrected chi connectivity index (χ2v) is 7.03. The number of rotatable bonds is 4. The van der Waals surface area contributed by atoms with E-state index in [1.807, 2.05) is 22.6 Å². The number of carbonyl (C=O) groups is 1. The maximum atomic E-state index is 13.1. The van der Waals surface area contributed by atoms with Gasteiger partial charge in [-0.2, -0.15) is 18.3 Å². The number of benzene rings is 2. The van der Waals surface area contributed by atoms with Crippen LogP contribution in [0, 0.1) is 3.57 Å². The molecule has 0 saturated heterocycles. The lowest BCUT2D eigenvalue weighted by Gasteiger charge is -2.11. The van der Waals surface area contributed by atoms with Crippen LogP contribution in [-0.4, -0.2) is 15.6 Å². The Hall–Kier alpha value is -1.87. The Bertz CT molecular complexity index is 969. The lowest BCUT2D eigenvalue weighted by molar-refractivity contribution is -0.137. The fourth-order valence-electron chi connectivity index (χ4n) is 2.49. The van der Waals surface area contributed by atoms with Crippen molar-refractivity contribution in [2.24, 2.45) is 0 Å². The van der Waals surface area contributed by atoms with Crippen LogP contribution < -0.4 is 0 Å². The molecule has 3 aromatic rings. The summed E-state index contributed by atoms with van der Waals surface area (Å²) in [7, 11) is 0. The molecule has 3 nitrogen and oxygen atoms in total. The maximum Gasteiger partial charge on any atom is 0.417 e. The molecule has 2 aromatic carbocycles. The van der Waals surface area contributed by atoms with Gasteiger partial charge in [-0.3, -0.25) is 4.79 Å². The van der Waals surface area contributed by atoms with Crippen molar-refractivity contribution >= 4 is 40.0 Å². The first-order valence-electron chi connectivity index (χ1n) is 7.45. The minimum absolute atomic E-state index is 0.233. The Kier molecular flexibility index (Phi) is 5.38. The monoisotopic (exact) mass is 490 g/mol. The number of para-hydroxylation sites is 1. The quantitative estimate of drug-likeness (QED) is 0.354. The van der Waals surface area contributed by atoms with Crippen LogP contribution in [0.25, 0.3) is 5.69 Å². The third kappa shape index (κ3) is 3.93. The van der Waals surface area contributed by atoms with Gasteiger partial charge in [-0.05, 0) is 40.8 Å². The molecule has 3 rings (SSSR count). The zero-order valence-corrected chi connectivity index (χ0v) is 16.0. The van der Waals surface area contributed by atoms with Crippen LogP contribution in [0.4, 0.5) is 13.2 Å². The van der Waals surface area contributed by atoms with Crippen molar-refractivity contribution in [3.8, 4) is 5.69 Å². The maximum absolute atomic E-state index is 13.1. The van der Waals surface area contributed by atoms with Crippen LogP contribution in [0.5, 0.6) is 0 Å². The van der Waals surface area contributed by atoms with Gasteiger partial charge in [0.25, 0.3) is 0 Å². The van der Waals surface area contributed by atoms with Gasteiger partial charge in [0.2, 0.25) is 0 Å². The summed E-state index contributed by atoms with van der Waals surface area (Å²) in [6.45, 7) is 0. The molecule has 1 aromatic heterocycles. The molecule has 134 valence electrons.